The van der Waals surface area contributed by atoms with E-state index in [1.54, 1.807) is 6.07 Å². The van der Waals surface area contributed by atoms with E-state index < -0.39 is 16.7 Å². The number of anilines is 3. The predicted molar refractivity (Wildman–Crippen MR) is 146 cm³/mol. The molecule has 1 unspecified atom stereocenters. The number of nitrogens with one attached hydrogen (secondary N) is 1. The Morgan fingerprint density at radius 1 is 0.838 bits per heavy atom. The average molecular weight is 515 g/mol. The van der Waals surface area contributed by atoms with E-state index in [9.17, 15) is 19.0 Å². The number of aliphatic hydroxyl groups is 2. The molecular weight excluding hydrogens is 486 g/mol. The third kappa shape index (κ3) is 3.72. The van der Waals surface area contributed by atoms with Crippen molar-refractivity contribution in [3.05, 3.63) is 111 Å². The number of benzene rings is 4. The molecule has 0 spiro atoms. The van der Waals surface area contributed by atoms with Gasteiger partial charge < -0.3 is 31.0 Å². The number of nitrogen functional groups attached to an aromatic ring is 2. The Labute approximate surface area is 218 Å². The van der Waals surface area contributed by atoms with E-state index in [4.69, 9.17) is 11.5 Å². The maximum absolute atomic E-state index is 11.7. The Hall–Kier alpha value is -3.69. The lowest BCUT2D eigenvalue weighted by atomic mass is 9.66. The van der Waals surface area contributed by atoms with Crippen molar-refractivity contribution in [2.45, 2.75) is 32.5 Å². The van der Waals surface area contributed by atoms with E-state index >= 15 is 0 Å². The lowest BCUT2D eigenvalue weighted by molar-refractivity contribution is 0.282. The van der Waals surface area contributed by atoms with Crippen LogP contribution in [0.4, 0.5) is 17.1 Å². The molecule has 0 amide bonds. The van der Waals surface area contributed by atoms with Crippen LogP contribution in [0.25, 0.3) is 11.1 Å². The van der Waals surface area contributed by atoms with Gasteiger partial charge in [0.25, 0.3) is 0 Å². The fourth-order valence-electron chi connectivity index (χ4n) is 5.73. The molecule has 5 rings (SSSR count). The first-order valence-corrected chi connectivity index (χ1v) is 12.9. The van der Waals surface area contributed by atoms with Crippen LogP contribution in [0.15, 0.2) is 66.7 Å². The zero-order chi connectivity index (χ0) is 26.5. The third-order valence-electron chi connectivity index (χ3n) is 7.41. The van der Waals surface area contributed by atoms with E-state index in [1.807, 2.05) is 74.5 Å². The first-order chi connectivity index (χ1) is 17.7. The molecule has 37 heavy (non-hydrogen) atoms. The molecular formula is C29H28N3O4S-. The van der Waals surface area contributed by atoms with E-state index in [2.05, 4.69) is 4.72 Å². The molecule has 0 bridgehead atoms. The number of aliphatic hydroxyl groups excluding tert-OH is 2. The van der Waals surface area contributed by atoms with Crippen LogP contribution in [-0.4, -0.2) is 19.0 Å². The molecule has 0 fully saturated rings. The normalized spacial score (nSPS) is 14.2. The lowest BCUT2D eigenvalue weighted by Gasteiger charge is -2.35. The van der Waals surface area contributed by atoms with Crippen LogP contribution < -0.4 is 16.2 Å². The van der Waals surface area contributed by atoms with Crippen LogP contribution in [0.1, 0.15) is 44.5 Å². The maximum atomic E-state index is 11.7. The summed E-state index contributed by atoms with van der Waals surface area (Å²) >= 11 is -2.52. The Bertz CT molecular complexity index is 1510. The highest BCUT2D eigenvalue weighted by Crippen LogP contribution is 2.58. The van der Waals surface area contributed by atoms with Crippen LogP contribution in [0.3, 0.4) is 0 Å². The van der Waals surface area contributed by atoms with Crippen molar-refractivity contribution in [2.75, 3.05) is 16.2 Å². The van der Waals surface area contributed by atoms with Gasteiger partial charge in [0.1, 0.15) is 0 Å². The van der Waals surface area contributed by atoms with Gasteiger partial charge in [-0.3, -0.25) is 4.21 Å². The van der Waals surface area contributed by atoms with Gasteiger partial charge in [0.05, 0.1) is 24.3 Å². The quantitative estimate of drug-likeness (QED) is 0.171. The maximum Gasteiger partial charge on any atom is 0.0714 e. The molecule has 7 N–H and O–H groups in total. The highest BCUT2D eigenvalue weighted by atomic mass is 32.2. The van der Waals surface area contributed by atoms with Gasteiger partial charge in [-0.2, -0.15) is 0 Å². The molecule has 0 aromatic heterocycles. The van der Waals surface area contributed by atoms with Gasteiger partial charge in [0.15, 0.2) is 0 Å². The topological polar surface area (TPSA) is 145 Å². The van der Waals surface area contributed by atoms with Crippen LogP contribution >= 0.6 is 0 Å². The van der Waals surface area contributed by atoms with E-state index in [0.717, 1.165) is 44.5 Å². The Balaban J connectivity index is 2.00. The fraction of sp³-hybridized carbons (Fsp3) is 0.172. The molecule has 8 heteroatoms. The minimum Gasteiger partial charge on any atom is -0.755 e. The molecule has 4 aromatic carbocycles. The lowest BCUT2D eigenvalue weighted by Crippen LogP contribution is -2.30. The minimum absolute atomic E-state index is 0.232. The Morgan fingerprint density at radius 3 is 1.92 bits per heavy atom. The highest BCUT2D eigenvalue weighted by molar-refractivity contribution is 7.80. The second-order valence-corrected chi connectivity index (χ2v) is 10.1. The predicted octanol–water partition coefficient (Wildman–Crippen LogP) is 4.02. The summed E-state index contributed by atoms with van der Waals surface area (Å²) in [6.45, 7) is 3.34. The molecule has 0 saturated carbocycles. The van der Waals surface area contributed by atoms with E-state index in [1.165, 1.54) is 0 Å². The van der Waals surface area contributed by atoms with Gasteiger partial charge in [-0.15, -0.1) is 0 Å². The Kier molecular flexibility index (Phi) is 6.29. The fourth-order valence-corrected chi connectivity index (χ4v) is 6.08. The van der Waals surface area contributed by atoms with Crippen molar-refractivity contribution < 1.29 is 19.0 Å². The molecule has 7 nitrogen and oxygen atoms in total. The van der Waals surface area contributed by atoms with Gasteiger partial charge in [-0.25, -0.2) is 0 Å². The van der Waals surface area contributed by atoms with Gasteiger partial charge in [-0.05, 0) is 71.0 Å². The van der Waals surface area contributed by atoms with Crippen molar-refractivity contribution in [2.24, 2.45) is 0 Å². The molecule has 0 radical (unpaired) electrons. The number of aryl methyl sites for hydroxylation is 2. The highest BCUT2D eigenvalue weighted by Gasteiger charge is 2.47. The first kappa shape index (κ1) is 25.0. The molecule has 0 saturated heterocycles. The largest absolute Gasteiger partial charge is 0.755 e. The second kappa shape index (κ2) is 9.32. The van der Waals surface area contributed by atoms with Crippen molar-refractivity contribution in [3.63, 3.8) is 0 Å². The van der Waals surface area contributed by atoms with Crippen molar-refractivity contribution in [1.29, 1.82) is 0 Å². The van der Waals surface area contributed by atoms with Crippen LogP contribution in [0, 0.1) is 13.8 Å². The molecule has 0 aliphatic heterocycles. The van der Waals surface area contributed by atoms with Crippen molar-refractivity contribution >= 4 is 28.3 Å². The number of rotatable bonds is 6. The summed E-state index contributed by atoms with van der Waals surface area (Å²) in [6, 6.07) is 21.3. The summed E-state index contributed by atoms with van der Waals surface area (Å²) in [5.41, 5.74) is 21.2. The molecule has 1 atom stereocenters. The number of fused-ring (bicyclic) bond motifs is 3. The van der Waals surface area contributed by atoms with Gasteiger partial charge in [0.2, 0.25) is 0 Å². The van der Waals surface area contributed by atoms with Gasteiger partial charge in [0, 0.05) is 39.3 Å². The number of nitrogens with two attached hydrogens (primary N) is 2. The molecule has 4 aromatic rings. The summed E-state index contributed by atoms with van der Waals surface area (Å²) in [5.74, 6) is 0. The zero-order valence-electron chi connectivity index (χ0n) is 20.5. The summed E-state index contributed by atoms with van der Waals surface area (Å²) in [5, 5.41) is 20.3. The molecule has 1 aliphatic rings. The summed E-state index contributed by atoms with van der Waals surface area (Å²) < 4.78 is 26.0. The molecule has 0 heterocycles. The summed E-state index contributed by atoms with van der Waals surface area (Å²) in [6.07, 6.45) is 0. The van der Waals surface area contributed by atoms with Crippen molar-refractivity contribution in [1.82, 2.24) is 0 Å². The van der Waals surface area contributed by atoms with Crippen LogP contribution in [0.2, 0.25) is 0 Å². The standard InChI is InChI=1S/C29H29N3O4S/c1-16-10-20(12-18(14-33)27(16)30)29(21-11-17(2)28(31)19(13-21)15-34)23-7-4-3-6-22(23)26-24(29)8-5-9-25(26)32-37(35)36/h3-13,32-34H,14-15,30-31H2,1-2H3,(H,35,36)/p-1. The Morgan fingerprint density at radius 2 is 1.38 bits per heavy atom. The van der Waals surface area contributed by atoms with Crippen molar-refractivity contribution in [3.8, 4) is 11.1 Å². The van der Waals surface area contributed by atoms with E-state index in [-0.39, 0.29) is 13.2 Å². The molecule has 1 aliphatic carbocycles. The summed E-state index contributed by atoms with van der Waals surface area (Å²) in [7, 11) is 0. The van der Waals surface area contributed by atoms with Crippen LogP contribution in [0.5, 0.6) is 0 Å². The second-order valence-electron chi connectivity index (χ2n) is 9.41. The summed E-state index contributed by atoms with van der Waals surface area (Å²) in [4.78, 5) is 0. The minimum atomic E-state index is -2.52. The first-order valence-electron chi connectivity index (χ1n) is 11.8. The zero-order valence-corrected chi connectivity index (χ0v) is 21.4. The smallest absolute Gasteiger partial charge is 0.0714 e. The average Bonchev–Trinajstić information content (AvgIpc) is 3.19. The van der Waals surface area contributed by atoms with Gasteiger partial charge in [-0.1, -0.05) is 48.5 Å². The van der Waals surface area contributed by atoms with Gasteiger partial charge >= 0.3 is 0 Å². The third-order valence-corrected chi connectivity index (χ3v) is 7.80. The number of hydrogen-bond donors (Lipinski definition) is 5. The van der Waals surface area contributed by atoms with E-state index in [0.29, 0.717) is 28.2 Å². The molecule has 190 valence electrons. The van der Waals surface area contributed by atoms with Crippen LogP contribution in [-0.2, 0) is 29.9 Å². The SMILES string of the molecule is Cc1cc(C2(c3cc(C)c(N)c(CO)c3)c3ccccc3-c3c(NS(=O)[O-])cccc32)cc(CO)c1N. The number of hydrogen-bond acceptors (Lipinski definition) is 6. The monoisotopic (exact) mass is 514 g/mol.